The summed E-state index contributed by atoms with van der Waals surface area (Å²) in [5, 5.41) is 99.0. The van der Waals surface area contributed by atoms with Gasteiger partial charge >= 0.3 is 15.6 Å². The Balaban J connectivity index is 0.0000221. The summed E-state index contributed by atoms with van der Waals surface area (Å²) >= 11 is 0. The van der Waals surface area contributed by atoms with Crippen LogP contribution in [0.1, 0.15) is 41.0 Å². The summed E-state index contributed by atoms with van der Waals surface area (Å²) in [5.74, 6) is -0.944. The van der Waals surface area contributed by atoms with Crippen molar-refractivity contribution in [3.8, 4) is 0 Å². The number of carbonyl (C=O) groups is 3. The maximum atomic E-state index is 12.6. The van der Waals surface area contributed by atoms with Gasteiger partial charge in [-0.2, -0.15) is 0 Å². The van der Waals surface area contributed by atoms with Crippen molar-refractivity contribution >= 4 is 33.4 Å². The Morgan fingerprint density at radius 2 is 0.628 bits per heavy atom. The van der Waals surface area contributed by atoms with E-state index in [-0.39, 0.29) is 217 Å². The molecule has 3 amide bonds. The first-order valence-electron chi connectivity index (χ1n) is 29.6. The van der Waals surface area contributed by atoms with E-state index in [1.165, 1.54) is 7.11 Å². The molecule has 39 nitrogen and oxygen atoms in total. The first-order chi connectivity index (χ1) is 43.8. The van der Waals surface area contributed by atoms with Gasteiger partial charge in [0.05, 0.1) is 159 Å². The highest BCUT2D eigenvalue weighted by molar-refractivity contribution is 7.46. The predicted octanol–water partition coefficient (Wildman–Crippen LogP) is -6.73. The Bertz CT molecular complexity index is 1980. The van der Waals surface area contributed by atoms with E-state index in [9.17, 15) is 69.5 Å². The Morgan fingerprint density at radius 1 is 0.372 bits per heavy atom. The quantitative estimate of drug-likeness (QED) is 0.0199. The maximum absolute atomic E-state index is 12.6. The average Bonchev–Trinajstić information content (AvgIpc) is 0.851. The van der Waals surface area contributed by atoms with Crippen molar-refractivity contribution in [2.45, 2.75) is 133 Å². The average molecular weight is 1420 g/mol. The number of hydrogen-bond donors (Lipinski definition) is 16. The second-order valence-corrected chi connectivity index (χ2v) is 23.6. The summed E-state index contributed by atoms with van der Waals surface area (Å²) in [7, 11) is -8.40. The van der Waals surface area contributed by atoms with Crippen molar-refractivity contribution < 1.29 is 174 Å². The number of amides is 3. The van der Waals surface area contributed by atoms with Crippen LogP contribution in [-0.4, -0.2) is 361 Å². The van der Waals surface area contributed by atoms with E-state index in [1.54, 1.807) is 0 Å². The molecule has 3 aliphatic rings. The van der Waals surface area contributed by atoms with Gasteiger partial charge in [-0.3, -0.25) is 23.4 Å². The lowest BCUT2D eigenvalue weighted by Gasteiger charge is -2.40. The minimum Gasteiger partial charge on any atom is -0.387 e. The number of hydrogen-bond acceptors (Lipinski definition) is 32. The largest absolute Gasteiger partial charge is 0.469 e. The molecule has 3 saturated heterocycles. The van der Waals surface area contributed by atoms with Gasteiger partial charge in [-0.15, -0.1) is 0 Å². The molecule has 16 N–H and O–H groups in total. The smallest absolute Gasteiger partial charge is 0.387 e. The molecule has 15 atom stereocenters. The van der Waals surface area contributed by atoms with E-state index < -0.39 is 126 Å². The summed E-state index contributed by atoms with van der Waals surface area (Å²) < 4.78 is 118. The topological polar surface area (TPSA) is 551 Å². The molecule has 0 saturated carbocycles. The molecule has 3 fully saturated rings. The van der Waals surface area contributed by atoms with E-state index in [2.05, 4.69) is 25.0 Å². The van der Waals surface area contributed by atoms with Crippen LogP contribution >= 0.6 is 15.6 Å². The molecule has 0 aliphatic carbocycles. The van der Waals surface area contributed by atoms with Crippen LogP contribution in [0.4, 0.5) is 0 Å². The molecule has 0 aromatic carbocycles. The molecule has 0 aromatic heterocycles. The minimum absolute atomic E-state index is 0. The number of aliphatic hydroxyl groups is 9. The van der Waals surface area contributed by atoms with E-state index in [4.69, 9.17) is 95.4 Å². The lowest BCUT2D eigenvalue weighted by atomic mass is 9.94. The van der Waals surface area contributed by atoms with Gasteiger partial charge in [0, 0.05) is 51.4 Å². The van der Waals surface area contributed by atoms with Crippen LogP contribution in [0.5, 0.6) is 0 Å². The molecule has 0 aromatic rings. The molecule has 0 bridgehead atoms. The number of carbonyl (C=O) groups excluding carboxylic acids is 3. The van der Waals surface area contributed by atoms with Gasteiger partial charge in [-0.25, -0.2) is 9.13 Å². The molecule has 94 heavy (non-hydrogen) atoms. The fraction of sp³-hybridized carbons (Fsp3) is 0.943. The zero-order valence-electron chi connectivity index (χ0n) is 51.5. The molecular formula is C53H105N3O36P2. The Kier molecular flexibility index (Phi) is 47.7. The highest BCUT2D eigenvalue weighted by Crippen LogP contribution is 2.38. The van der Waals surface area contributed by atoms with Crippen molar-refractivity contribution in [3.63, 3.8) is 0 Å². The molecule has 0 radical (unpaired) electrons. The van der Waals surface area contributed by atoms with Gasteiger partial charge in [0.15, 0.2) is 18.9 Å². The van der Waals surface area contributed by atoms with Crippen LogP contribution in [0.2, 0.25) is 0 Å². The van der Waals surface area contributed by atoms with Crippen molar-refractivity contribution in [2.24, 2.45) is 5.41 Å². The number of rotatable bonds is 53. The van der Waals surface area contributed by atoms with Crippen LogP contribution in [0.3, 0.4) is 0 Å². The highest BCUT2D eigenvalue weighted by Gasteiger charge is 2.47. The van der Waals surface area contributed by atoms with Crippen molar-refractivity contribution in [1.29, 1.82) is 0 Å². The fourth-order valence-electron chi connectivity index (χ4n) is 8.35. The molecule has 558 valence electrons. The number of nitrogens with one attached hydrogen (secondary N) is 3. The molecule has 3 aliphatic heterocycles. The van der Waals surface area contributed by atoms with Crippen molar-refractivity contribution in [2.75, 3.05) is 185 Å². The maximum Gasteiger partial charge on any atom is 0.469 e. The Labute approximate surface area is 545 Å². The summed E-state index contributed by atoms with van der Waals surface area (Å²) in [6.45, 7) is 2.34. The van der Waals surface area contributed by atoms with Crippen LogP contribution in [0, 0.1) is 5.41 Å². The van der Waals surface area contributed by atoms with Crippen LogP contribution in [0.25, 0.3) is 0 Å². The zero-order valence-corrected chi connectivity index (χ0v) is 53.3. The number of phosphoric ester groups is 2. The first-order valence-corrected chi connectivity index (χ1v) is 32.6. The monoisotopic (exact) mass is 1420 g/mol. The molecule has 3 rings (SSSR count). The second kappa shape index (κ2) is 50.0. The molecular weight excluding hydrogens is 1320 g/mol. The van der Waals surface area contributed by atoms with Gasteiger partial charge in [0.2, 0.25) is 17.7 Å². The van der Waals surface area contributed by atoms with E-state index in [0.29, 0.717) is 0 Å². The van der Waals surface area contributed by atoms with Gasteiger partial charge in [0.1, 0.15) is 73.2 Å². The summed E-state index contributed by atoms with van der Waals surface area (Å²) in [4.78, 5) is 73.3. The van der Waals surface area contributed by atoms with Crippen molar-refractivity contribution in [3.05, 3.63) is 0 Å². The standard InChI is InChI=1S/C51H97N3O36P2.2CH4/c1-51(30-80-9-3-36(55)52-6-12-74-15-18-77-21-24-83-48-45(64)42(61)39(58)33(88-48)27-73-2,31-81-10-4-37(56)53-7-13-75-16-19-78-22-25-84-49-46(65)43(62)40(59)34(89-49)28-86-91(67,68)69)32-82-11-5-38(57)54-8-14-76-17-20-79-23-26-85-50-47(66)44(63)41(60)35(90-50)29-87-92(70,71)72;;/h33-35,39-50,58-66H,3-32H2,1-2H3,(H,52,55)(H,53,56)(H,54,57)(H2,67,68,69)(H2,70,71,72);2*1H4. The van der Waals surface area contributed by atoms with Crippen LogP contribution in [0.15, 0.2) is 0 Å². The van der Waals surface area contributed by atoms with Gasteiger partial charge in [0.25, 0.3) is 0 Å². The minimum atomic E-state index is -4.90. The van der Waals surface area contributed by atoms with Crippen molar-refractivity contribution in [1.82, 2.24) is 16.0 Å². The molecule has 0 spiro atoms. The molecule has 3 heterocycles. The first kappa shape index (κ1) is 89.6. The van der Waals surface area contributed by atoms with Gasteiger partial charge in [-0.05, 0) is 0 Å². The third-order valence-electron chi connectivity index (χ3n) is 13.3. The van der Waals surface area contributed by atoms with E-state index in [0.717, 1.165) is 0 Å². The Hall–Kier alpha value is -2.37. The fourth-order valence-corrected chi connectivity index (χ4v) is 9.03. The van der Waals surface area contributed by atoms with Crippen LogP contribution < -0.4 is 16.0 Å². The summed E-state index contributed by atoms with van der Waals surface area (Å²) in [6, 6.07) is 0. The van der Waals surface area contributed by atoms with Crippen LogP contribution in [-0.2, 0) is 108 Å². The number of phosphoric acid groups is 2. The van der Waals surface area contributed by atoms with E-state index >= 15 is 0 Å². The Morgan fingerprint density at radius 3 is 0.894 bits per heavy atom. The third kappa shape index (κ3) is 38.3. The normalized spacial score (nSPS) is 27.2. The number of aliphatic hydroxyl groups excluding tert-OH is 9. The van der Waals surface area contributed by atoms with E-state index in [1.807, 2.05) is 6.92 Å². The lowest BCUT2D eigenvalue weighted by Crippen LogP contribution is -2.59. The highest BCUT2D eigenvalue weighted by atomic mass is 31.2. The van der Waals surface area contributed by atoms with Gasteiger partial charge < -0.3 is 157 Å². The zero-order chi connectivity index (χ0) is 68.0. The SMILES string of the molecule is C.C.COCC1OC(OCCOCCOCCNC(=O)CCOCC(C)(COCCC(=O)NCCOCCOCCOC2OC(COP(=O)(O)O)C(O)C(O)C2O)COCCC(=O)NCCOCCOCCOC2OC(COP(=O)(O)O)C(O)C(O)C2O)C(O)C(O)C1O. The molecule has 15 unspecified atom stereocenters. The molecule has 41 heteroatoms. The second-order valence-electron chi connectivity index (χ2n) is 21.1. The number of methoxy groups -OCH3 is 1. The summed E-state index contributed by atoms with van der Waals surface area (Å²) in [5.41, 5.74) is -0.795. The number of ether oxygens (including phenoxy) is 16. The summed E-state index contributed by atoms with van der Waals surface area (Å²) in [6.07, 6.45) is -22.3. The third-order valence-corrected chi connectivity index (χ3v) is 14.2. The predicted molar refractivity (Wildman–Crippen MR) is 318 cm³/mol. The lowest BCUT2D eigenvalue weighted by molar-refractivity contribution is -0.303. The van der Waals surface area contributed by atoms with Gasteiger partial charge in [-0.1, -0.05) is 21.8 Å².